The molecule has 0 bridgehead atoms. The van der Waals surface area contributed by atoms with Crippen LogP contribution >= 0.6 is 11.6 Å². The van der Waals surface area contributed by atoms with Crippen molar-refractivity contribution < 1.29 is 4.79 Å². The molecule has 104 valence electrons. The Labute approximate surface area is 120 Å². The number of hydrogen-bond acceptors (Lipinski definition) is 2. The van der Waals surface area contributed by atoms with Gasteiger partial charge in [0.2, 0.25) is 5.91 Å². The van der Waals surface area contributed by atoms with E-state index in [0.717, 1.165) is 32.7 Å². The van der Waals surface area contributed by atoms with Crippen LogP contribution in [0.25, 0.3) is 0 Å². The summed E-state index contributed by atoms with van der Waals surface area (Å²) in [5.41, 5.74) is 2.42. The van der Waals surface area contributed by atoms with Gasteiger partial charge in [-0.1, -0.05) is 29.8 Å². The molecule has 1 atom stereocenters. The molecule has 1 saturated heterocycles. The maximum atomic E-state index is 11.3. The van der Waals surface area contributed by atoms with Crippen LogP contribution in [0.2, 0.25) is 0 Å². The van der Waals surface area contributed by atoms with Gasteiger partial charge in [0.25, 0.3) is 0 Å². The number of nitrogens with zero attached hydrogens (tertiary/aromatic N) is 2. The van der Waals surface area contributed by atoms with Crippen LogP contribution in [-0.2, 0) is 4.79 Å². The van der Waals surface area contributed by atoms with Crippen LogP contribution in [-0.4, -0.2) is 48.4 Å². The van der Waals surface area contributed by atoms with E-state index in [1.807, 2.05) is 4.90 Å². The highest BCUT2D eigenvalue weighted by Crippen LogP contribution is 2.22. The maximum Gasteiger partial charge on any atom is 0.219 e. The Morgan fingerprint density at radius 1 is 1.21 bits per heavy atom. The molecule has 1 aliphatic rings. The second-order valence-corrected chi connectivity index (χ2v) is 5.71. The smallest absolute Gasteiger partial charge is 0.219 e. The summed E-state index contributed by atoms with van der Waals surface area (Å²) in [5, 5.41) is 0.0180. The lowest BCUT2D eigenvalue weighted by molar-refractivity contribution is -0.130. The van der Waals surface area contributed by atoms with E-state index in [1.54, 1.807) is 6.92 Å². The molecule has 1 aliphatic heterocycles. The largest absolute Gasteiger partial charge is 0.340 e. The third kappa shape index (κ3) is 3.95. The molecule has 1 fully saturated rings. The summed E-state index contributed by atoms with van der Waals surface area (Å²) in [6.45, 7) is 8.00. The van der Waals surface area contributed by atoms with E-state index < -0.39 is 0 Å². The van der Waals surface area contributed by atoms with Crippen molar-refractivity contribution in [1.29, 1.82) is 0 Å². The molecule has 1 heterocycles. The molecule has 0 aliphatic carbocycles. The van der Waals surface area contributed by atoms with E-state index in [9.17, 15) is 4.79 Å². The molecule has 2 rings (SSSR count). The van der Waals surface area contributed by atoms with Gasteiger partial charge in [-0.25, -0.2) is 0 Å². The Morgan fingerprint density at radius 3 is 2.32 bits per heavy atom. The highest BCUT2D eigenvalue weighted by atomic mass is 35.5. The molecule has 1 aromatic rings. The average molecular weight is 281 g/mol. The lowest BCUT2D eigenvalue weighted by atomic mass is 10.1. The molecule has 4 heteroatoms. The number of hydrogen-bond donors (Lipinski definition) is 0. The van der Waals surface area contributed by atoms with Crippen LogP contribution in [0.5, 0.6) is 0 Å². The van der Waals surface area contributed by atoms with Crippen molar-refractivity contribution in [2.45, 2.75) is 19.2 Å². The van der Waals surface area contributed by atoms with E-state index in [1.165, 1.54) is 11.1 Å². The van der Waals surface area contributed by atoms with Gasteiger partial charge in [0, 0.05) is 39.6 Å². The predicted octanol–water partition coefficient (Wildman–Crippen LogP) is 2.44. The highest BCUT2D eigenvalue weighted by molar-refractivity contribution is 6.21. The standard InChI is InChI=1S/C15H21ClN2O/c1-12-3-5-14(6-4-12)15(16)11-17-7-9-18(10-8-17)13(2)19/h3-6,15H,7-11H2,1-2H3. The van der Waals surface area contributed by atoms with Crippen LogP contribution in [0, 0.1) is 6.92 Å². The monoisotopic (exact) mass is 280 g/mol. The minimum Gasteiger partial charge on any atom is -0.340 e. The molecule has 1 unspecified atom stereocenters. The lowest BCUT2D eigenvalue weighted by Crippen LogP contribution is -2.48. The van der Waals surface area contributed by atoms with E-state index in [0.29, 0.717) is 0 Å². The Morgan fingerprint density at radius 2 is 1.79 bits per heavy atom. The fourth-order valence-corrected chi connectivity index (χ4v) is 2.69. The molecule has 0 radical (unpaired) electrons. The summed E-state index contributed by atoms with van der Waals surface area (Å²) < 4.78 is 0. The maximum absolute atomic E-state index is 11.3. The number of piperazine rings is 1. The van der Waals surface area contributed by atoms with E-state index >= 15 is 0 Å². The third-order valence-corrected chi connectivity index (χ3v) is 4.07. The zero-order valence-corrected chi connectivity index (χ0v) is 12.4. The zero-order valence-electron chi connectivity index (χ0n) is 11.6. The molecule has 0 spiro atoms. The topological polar surface area (TPSA) is 23.6 Å². The van der Waals surface area contributed by atoms with E-state index in [4.69, 9.17) is 11.6 Å². The first-order chi connectivity index (χ1) is 9.06. The van der Waals surface area contributed by atoms with Crippen molar-refractivity contribution in [3.05, 3.63) is 35.4 Å². The van der Waals surface area contributed by atoms with Crippen molar-refractivity contribution in [3.63, 3.8) is 0 Å². The molecule has 0 aromatic heterocycles. The van der Waals surface area contributed by atoms with Gasteiger partial charge < -0.3 is 4.90 Å². The van der Waals surface area contributed by atoms with Crippen LogP contribution < -0.4 is 0 Å². The first kappa shape index (κ1) is 14.4. The summed E-state index contributed by atoms with van der Waals surface area (Å²) in [6.07, 6.45) is 0. The van der Waals surface area contributed by atoms with E-state index in [2.05, 4.69) is 36.1 Å². The van der Waals surface area contributed by atoms with E-state index in [-0.39, 0.29) is 11.3 Å². The fourth-order valence-electron chi connectivity index (χ4n) is 2.35. The molecule has 1 amide bonds. The molecule has 0 N–H and O–H groups in total. The molecular weight excluding hydrogens is 260 g/mol. The third-order valence-electron chi connectivity index (χ3n) is 3.68. The van der Waals surface area contributed by atoms with Gasteiger partial charge in [0.15, 0.2) is 0 Å². The Balaban J connectivity index is 1.85. The lowest BCUT2D eigenvalue weighted by Gasteiger charge is -2.35. The molecule has 1 aromatic carbocycles. The summed E-state index contributed by atoms with van der Waals surface area (Å²) >= 11 is 6.47. The Hall–Kier alpha value is -1.06. The van der Waals surface area contributed by atoms with Crippen molar-refractivity contribution in [2.24, 2.45) is 0 Å². The zero-order chi connectivity index (χ0) is 13.8. The number of rotatable bonds is 3. The number of amides is 1. The van der Waals surface area contributed by atoms with Gasteiger partial charge in [-0.15, -0.1) is 11.6 Å². The second-order valence-electron chi connectivity index (χ2n) is 5.18. The number of aryl methyl sites for hydroxylation is 1. The van der Waals surface area contributed by atoms with Crippen LogP contribution in [0.3, 0.4) is 0 Å². The predicted molar refractivity (Wildman–Crippen MR) is 78.5 cm³/mol. The van der Waals surface area contributed by atoms with Crippen LogP contribution in [0.1, 0.15) is 23.4 Å². The first-order valence-electron chi connectivity index (χ1n) is 6.75. The molecule has 3 nitrogen and oxygen atoms in total. The van der Waals surface area contributed by atoms with Gasteiger partial charge in [0.1, 0.15) is 0 Å². The Kier molecular flexibility index (Phi) is 4.83. The number of carbonyl (C=O) groups excluding carboxylic acids is 1. The first-order valence-corrected chi connectivity index (χ1v) is 7.18. The minimum absolute atomic E-state index is 0.0180. The minimum atomic E-state index is 0.0180. The summed E-state index contributed by atoms with van der Waals surface area (Å²) in [7, 11) is 0. The normalized spacial score (nSPS) is 18.4. The highest BCUT2D eigenvalue weighted by Gasteiger charge is 2.20. The van der Waals surface area contributed by atoms with Crippen molar-refractivity contribution in [2.75, 3.05) is 32.7 Å². The van der Waals surface area contributed by atoms with Gasteiger partial charge >= 0.3 is 0 Å². The van der Waals surface area contributed by atoms with Crippen molar-refractivity contribution in [3.8, 4) is 0 Å². The SMILES string of the molecule is CC(=O)N1CCN(CC(Cl)c2ccc(C)cc2)CC1. The number of halogens is 1. The van der Waals surface area contributed by atoms with Gasteiger partial charge in [-0.05, 0) is 12.5 Å². The Bertz CT molecular complexity index is 424. The summed E-state index contributed by atoms with van der Waals surface area (Å²) in [5.74, 6) is 0.167. The van der Waals surface area contributed by atoms with Crippen LogP contribution in [0.4, 0.5) is 0 Å². The summed E-state index contributed by atoms with van der Waals surface area (Å²) in [6, 6.07) is 8.38. The fraction of sp³-hybridized carbons (Fsp3) is 0.533. The quantitative estimate of drug-likeness (QED) is 0.794. The molecule has 0 saturated carbocycles. The van der Waals surface area contributed by atoms with Crippen molar-refractivity contribution in [1.82, 2.24) is 9.80 Å². The number of carbonyl (C=O) groups is 1. The van der Waals surface area contributed by atoms with Crippen LogP contribution in [0.15, 0.2) is 24.3 Å². The van der Waals surface area contributed by atoms with Gasteiger partial charge in [0.05, 0.1) is 5.38 Å². The molecule has 19 heavy (non-hydrogen) atoms. The number of benzene rings is 1. The second kappa shape index (κ2) is 6.40. The van der Waals surface area contributed by atoms with Gasteiger partial charge in [-0.3, -0.25) is 9.69 Å². The molecular formula is C15H21ClN2O. The summed E-state index contributed by atoms with van der Waals surface area (Å²) in [4.78, 5) is 15.5. The van der Waals surface area contributed by atoms with Gasteiger partial charge in [-0.2, -0.15) is 0 Å². The van der Waals surface area contributed by atoms with Crippen molar-refractivity contribution >= 4 is 17.5 Å². The average Bonchev–Trinajstić information content (AvgIpc) is 2.40. The number of alkyl halides is 1.